The number of hydrogen-bond acceptors (Lipinski definition) is 3. The maximum Gasteiger partial charge on any atom is 0.248 e. The lowest BCUT2D eigenvalue weighted by atomic mass is 10.2. The van der Waals surface area contributed by atoms with Gasteiger partial charge >= 0.3 is 0 Å². The average molecular weight is 339 g/mol. The lowest BCUT2D eigenvalue weighted by Gasteiger charge is -2.05. The van der Waals surface area contributed by atoms with E-state index in [0.717, 1.165) is 16.9 Å². The number of aromatic nitrogens is 3. The minimum atomic E-state index is -0.220. The van der Waals surface area contributed by atoms with Crippen molar-refractivity contribution in [1.29, 1.82) is 0 Å². The zero-order valence-corrected chi connectivity index (χ0v) is 13.7. The molecule has 0 saturated carbocycles. The van der Waals surface area contributed by atoms with E-state index in [1.54, 1.807) is 41.5 Å². The topological polar surface area (TPSA) is 59.8 Å². The van der Waals surface area contributed by atoms with Crippen LogP contribution >= 0.6 is 11.6 Å². The number of pyridine rings is 1. The summed E-state index contributed by atoms with van der Waals surface area (Å²) in [6.07, 6.45) is 8.23. The van der Waals surface area contributed by atoms with Gasteiger partial charge in [0.2, 0.25) is 5.91 Å². The number of hydrogen-bond donors (Lipinski definition) is 1. The maximum absolute atomic E-state index is 12.1. The first kappa shape index (κ1) is 16.0. The number of nitrogens with one attached hydrogen (secondary N) is 1. The Morgan fingerprint density at radius 3 is 2.58 bits per heavy atom. The predicted octanol–water partition coefficient (Wildman–Crippen LogP) is 3.88. The lowest BCUT2D eigenvalue weighted by Crippen LogP contribution is -2.08. The molecule has 3 aromatic rings. The molecule has 1 N–H and O–H groups in total. The molecule has 0 aliphatic rings. The van der Waals surface area contributed by atoms with E-state index in [0.29, 0.717) is 10.7 Å². The summed E-state index contributed by atoms with van der Waals surface area (Å²) in [7, 11) is 0. The van der Waals surface area contributed by atoms with Gasteiger partial charge in [-0.25, -0.2) is 4.68 Å². The van der Waals surface area contributed by atoms with Crippen molar-refractivity contribution in [2.24, 2.45) is 0 Å². The van der Waals surface area contributed by atoms with Crippen LogP contribution in [0, 0.1) is 6.92 Å². The number of halogens is 1. The number of anilines is 1. The van der Waals surface area contributed by atoms with Crippen molar-refractivity contribution >= 4 is 29.3 Å². The Labute approximate surface area is 144 Å². The van der Waals surface area contributed by atoms with Crippen LogP contribution < -0.4 is 5.32 Å². The van der Waals surface area contributed by atoms with Crippen molar-refractivity contribution in [2.75, 3.05) is 5.32 Å². The lowest BCUT2D eigenvalue weighted by molar-refractivity contribution is -0.111. The Balaban J connectivity index is 1.71. The van der Waals surface area contributed by atoms with Crippen LogP contribution in [0.15, 0.2) is 61.1 Å². The number of carbonyl (C=O) groups is 1. The minimum Gasteiger partial charge on any atom is -0.320 e. The first-order valence-corrected chi connectivity index (χ1v) is 7.71. The molecule has 1 amide bonds. The smallest absolute Gasteiger partial charge is 0.248 e. The highest BCUT2D eigenvalue weighted by atomic mass is 35.5. The van der Waals surface area contributed by atoms with E-state index in [1.807, 2.05) is 31.2 Å². The van der Waals surface area contributed by atoms with Crippen LogP contribution in [0.2, 0.25) is 5.02 Å². The van der Waals surface area contributed by atoms with Crippen molar-refractivity contribution < 1.29 is 4.79 Å². The largest absolute Gasteiger partial charge is 0.320 e. The third-order valence-corrected chi connectivity index (χ3v) is 3.72. The van der Waals surface area contributed by atoms with Crippen LogP contribution in [0.1, 0.15) is 11.3 Å². The summed E-state index contributed by atoms with van der Waals surface area (Å²) in [6.45, 7) is 1.89. The summed E-state index contributed by atoms with van der Waals surface area (Å²) < 4.78 is 1.75. The minimum absolute atomic E-state index is 0.220. The van der Waals surface area contributed by atoms with E-state index >= 15 is 0 Å². The number of benzene rings is 1. The second kappa shape index (κ2) is 7.10. The molecule has 0 aliphatic carbocycles. The molecule has 0 aliphatic heterocycles. The van der Waals surface area contributed by atoms with Gasteiger partial charge in [0.15, 0.2) is 0 Å². The van der Waals surface area contributed by atoms with Gasteiger partial charge < -0.3 is 5.32 Å². The fourth-order valence-electron chi connectivity index (χ4n) is 2.20. The van der Waals surface area contributed by atoms with Crippen LogP contribution in [-0.4, -0.2) is 20.7 Å². The zero-order chi connectivity index (χ0) is 16.9. The van der Waals surface area contributed by atoms with Crippen LogP contribution in [0.5, 0.6) is 0 Å². The van der Waals surface area contributed by atoms with Gasteiger partial charge in [-0.15, -0.1) is 0 Å². The average Bonchev–Trinajstić information content (AvgIpc) is 2.96. The van der Waals surface area contributed by atoms with Gasteiger partial charge in [0, 0.05) is 23.5 Å². The third kappa shape index (κ3) is 3.70. The Bertz CT molecular complexity index is 870. The molecule has 1 aromatic carbocycles. The molecule has 3 rings (SSSR count). The summed E-state index contributed by atoms with van der Waals surface area (Å²) in [5, 5.41) is 7.80. The van der Waals surface area contributed by atoms with Crippen molar-refractivity contribution in [3.8, 4) is 5.69 Å². The molecular formula is C18H15ClN4O. The van der Waals surface area contributed by atoms with Gasteiger partial charge in [-0.2, -0.15) is 5.10 Å². The Morgan fingerprint density at radius 1 is 1.17 bits per heavy atom. The molecule has 120 valence electrons. The van der Waals surface area contributed by atoms with E-state index in [-0.39, 0.29) is 5.91 Å². The Morgan fingerprint density at radius 2 is 1.88 bits per heavy atom. The zero-order valence-electron chi connectivity index (χ0n) is 13.0. The number of carbonyl (C=O) groups excluding carboxylic acids is 1. The molecule has 0 bridgehead atoms. The number of rotatable bonds is 4. The molecule has 0 fully saturated rings. The van der Waals surface area contributed by atoms with Gasteiger partial charge in [-0.3, -0.25) is 9.78 Å². The van der Waals surface area contributed by atoms with Gasteiger partial charge in [0.05, 0.1) is 23.3 Å². The molecule has 0 atom stereocenters. The third-order valence-electron chi connectivity index (χ3n) is 3.47. The van der Waals surface area contributed by atoms with E-state index < -0.39 is 0 Å². The molecule has 24 heavy (non-hydrogen) atoms. The second-order valence-corrected chi connectivity index (χ2v) is 5.57. The summed E-state index contributed by atoms with van der Waals surface area (Å²) in [5.41, 5.74) is 3.30. The van der Waals surface area contributed by atoms with Gasteiger partial charge in [0.25, 0.3) is 0 Å². The van der Waals surface area contributed by atoms with Crippen molar-refractivity contribution in [2.45, 2.75) is 6.92 Å². The standard InChI is InChI=1S/C18H15ClN4O/c1-13-17(12-21-23(13)16-8-10-20-11-9-16)22-18(24)7-4-14-2-5-15(19)6-3-14/h2-12H,1H3,(H,22,24). The Hall–Kier alpha value is -2.92. The molecule has 0 spiro atoms. The Kier molecular flexibility index (Phi) is 4.72. The molecule has 6 heteroatoms. The van der Waals surface area contributed by atoms with Crippen LogP contribution in [-0.2, 0) is 4.79 Å². The van der Waals surface area contributed by atoms with Crippen molar-refractivity contribution in [1.82, 2.24) is 14.8 Å². The van der Waals surface area contributed by atoms with E-state index in [1.165, 1.54) is 6.08 Å². The molecule has 0 unspecified atom stereocenters. The van der Waals surface area contributed by atoms with Crippen LogP contribution in [0.3, 0.4) is 0 Å². The monoisotopic (exact) mass is 338 g/mol. The molecule has 2 heterocycles. The second-order valence-electron chi connectivity index (χ2n) is 5.14. The SMILES string of the molecule is Cc1c(NC(=O)C=Cc2ccc(Cl)cc2)cnn1-c1ccncc1. The van der Waals surface area contributed by atoms with Crippen molar-refractivity contribution in [3.63, 3.8) is 0 Å². The fourth-order valence-corrected chi connectivity index (χ4v) is 2.32. The van der Waals surface area contributed by atoms with Gasteiger partial charge in [0.1, 0.15) is 0 Å². The number of amides is 1. The first-order chi connectivity index (χ1) is 11.6. The predicted molar refractivity (Wildman–Crippen MR) is 95.2 cm³/mol. The summed E-state index contributed by atoms with van der Waals surface area (Å²) in [5.74, 6) is -0.220. The van der Waals surface area contributed by atoms with Gasteiger partial charge in [-0.05, 0) is 42.8 Å². The first-order valence-electron chi connectivity index (χ1n) is 7.33. The van der Waals surface area contributed by atoms with Crippen LogP contribution in [0.4, 0.5) is 5.69 Å². The summed E-state index contributed by atoms with van der Waals surface area (Å²) in [6, 6.07) is 11.0. The molecule has 5 nitrogen and oxygen atoms in total. The normalized spacial score (nSPS) is 10.9. The van der Waals surface area contributed by atoms with E-state index in [4.69, 9.17) is 11.6 Å². The highest BCUT2D eigenvalue weighted by Gasteiger charge is 2.09. The quantitative estimate of drug-likeness (QED) is 0.734. The molecule has 0 saturated heterocycles. The van der Waals surface area contributed by atoms with Crippen molar-refractivity contribution in [3.05, 3.63) is 77.3 Å². The summed E-state index contributed by atoms with van der Waals surface area (Å²) >= 11 is 5.84. The molecular weight excluding hydrogens is 324 g/mol. The molecule has 2 aromatic heterocycles. The summed E-state index contributed by atoms with van der Waals surface area (Å²) in [4.78, 5) is 16.1. The van der Waals surface area contributed by atoms with E-state index in [9.17, 15) is 4.79 Å². The van der Waals surface area contributed by atoms with E-state index in [2.05, 4.69) is 15.4 Å². The maximum atomic E-state index is 12.1. The van der Waals surface area contributed by atoms with Gasteiger partial charge in [-0.1, -0.05) is 23.7 Å². The highest BCUT2D eigenvalue weighted by Crippen LogP contribution is 2.18. The van der Waals surface area contributed by atoms with Crippen LogP contribution in [0.25, 0.3) is 11.8 Å². The highest BCUT2D eigenvalue weighted by molar-refractivity contribution is 6.30. The fraction of sp³-hybridized carbons (Fsp3) is 0.0556. The number of nitrogens with zero attached hydrogens (tertiary/aromatic N) is 3. The molecule has 0 radical (unpaired) electrons.